The van der Waals surface area contributed by atoms with E-state index in [0.29, 0.717) is 10.3 Å². The molecular formula is C20H16N4O2S2. The fourth-order valence-electron chi connectivity index (χ4n) is 2.64. The molecule has 4 aromatic rings. The van der Waals surface area contributed by atoms with Crippen LogP contribution in [0.25, 0.3) is 21.5 Å². The van der Waals surface area contributed by atoms with E-state index < -0.39 is 0 Å². The number of nitrogens with zero attached hydrogens (tertiary/aromatic N) is 3. The van der Waals surface area contributed by atoms with Gasteiger partial charge < -0.3 is 10.1 Å². The molecule has 0 radical (unpaired) electrons. The highest BCUT2D eigenvalue weighted by molar-refractivity contribution is 7.99. The predicted octanol–water partition coefficient (Wildman–Crippen LogP) is 4.87. The molecule has 1 N–H and O–H groups in total. The molecule has 2 heterocycles. The Morgan fingerprint density at radius 2 is 2.00 bits per heavy atom. The van der Waals surface area contributed by atoms with Gasteiger partial charge in [0.25, 0.3) is 0 Å². The lowest BCUT2D eigenvalue weighted by Crippen LogP contribution is -2.04. The van der Waals surface area contributed by atoms with Crippen LogP contribution in [-0.4, -0.2) is 28.0 Å². The first-order valence-corrected chi connectivity index (χ1v) is 10.1. The van der Waals surface area contributed by atoms with Crippen molar-refractivity contribution in [2.24, 2.45) is 0 Å². The van der Waals surface area contributed by atoms with Crippen LogP contribution in [0.1, 0.15) is 6.92 Å². The fraction of sp³-hybridized carbons (Fsp3) is 0.100. The van der Waals surface area contributed by atoms with E-state index in [1.165, 1.54) is 30.0 Å². The average Bonchev–Trinajstić information content (AvgIpc) is 3.09. The minimum Gasteiger partial charge on any atom is -0.496 e. The smallest absolute Gasteiger partial charge is 0.223 e. The van der Waals surface area contributed by atoms with Gasteiger partial charge in [0.15, 0.2) is 10.3 Å². The first kappa shape index (κ1) is 18.4. The van der Waals surface area contributed by atoms with Gasteiger partial charge in [0.05, 0.1) is 27.9 Å². The van der Waals surface area contributed by atoms with Crippen LogP contribution in [0.2, 0.25) is 0 Å². The van der Waals surface area contributed by atoms with E-state index in [1.807, 2.05) is 48.5 Å². The van der Waals surface area contributed by atoms with Crippen LogP contribution in [-0.2, 0) is 4.79 Å². The number of benzene rings is 2. The number of methoxy groups -OCH3 is 1. The molecule has 2 aromatic heterocycles. The van der Waals surface area contributed by atoms with E-state index in [2.05, 4.69) is 20.3 Å². The number of thiazole rings is 1. The standard InChI is InChI=1S/C20H16N4O2S2/c1-12(25)22-20-24-15-8-7-13(11-18(15)28-20)14-9-10-21-19(23-14)27-17-6-4-3-5-16(17)26-2/h3-11H,1-2H3,(H,22,24,25). The van der Waals surface area contributed by atoms with E-state index in [4.69, 9.17) is 4.74 Å². The number of carbonyl (C=O) groups is 1. The summed E-state index contributed by atoms with van der Waals surface area (Å²) in [5, 5.41) is 3.96. The number of nitrogens with one attached hydrogen (secondary N) is 1. The SMILES string of the molecule is COc1ccccc1Sc1nccc(-c2ccc3nc(NC(C)=O)sc3c2)n1. The Bertz CT molecular complexity index is 1160. The molecule has 0 aliphatic carbocycles. The Morgan fingerprint density at radius 3 is 2.82 bits per heavy atom. The monoisotopic (exact) mass is 408 g/mol. The normalized spacial score (nSPS) is 10.8. The maximum absolute atomic E-state index is 11.2. The number of para-hydroxylation sites is 1. The number of aromatic nitrogens is 3. The van der Waals surface area contributed by atoms with Crippen molar-refractivity contribution in [2.75, 3.05) is 12.4 Å². The second-order valence-corrected chi connectivity index (χ2v) is 7.90. The molecule has 4 rings (SSSR count). The van der Waals surface area contributed by atoms with Gasteiger partial charge in [-0.15, -0.1) is 0 Å². The zero-order valence-electron chi connectivity index (χ0n) is 15.2. The second kappa shape index (κ2) is 7.95. The Morgan fingerprint density at radius 1 is 1.14 bits per heavy atom. The molecule has 0 saturated carbocycles. The van der Waals surface area contributed by atoms with Gasteiger partial charge in [-0.2, -0.15) is 0 Å². The molecule has 0 atom stereocenters. The maximum Gasteiger partial charge on any atom is 0.223 e. The molecule has 0 aliphatic rings. The summed E-state index contributed by atoms with van der Waals surface area (Å²) in [7, 11) is 1.65. The largest absolute Gasteiger partial charge is 0.496 e. The first-order valence-electron chi connectivity index (χ1n) is 8.45. The van der Waals surface area contributed by atoms with Crippen molar-refractivity contribution in [3.63, 3.8) is 0 Å². The molecule has 8 heteroatoms. The summed E-state index contributed by atoms with van der Waals surface area (Å²) >= 11 is 2.90. The lowest BCUT2D eigenvalue weighted by atomic mass is 10.1. The van der Waals surface area contributed by atoms with E-state index >= 15 is 0 Å². The van der Waals surface area contributed by atoms with E-state index in [-0.39, 0.29) is 5.91 Å². The summed E-state index contributed by atoms with van der Waals surface area (Å²) in [6, 6.07) is 15.6. The highest BCUT2D eigenvalue weighted by Crippen LogP contribution is 2.34. The van der Waals surface area contributed by atoms with Crippen molar-refractivity contribution in [3.8, 4) is 17.0 Å². The minimum absolute atomic E-state index is 0.131. The van der Waals surface area contributed by atoms with Crippen LogP contribution in [0.15, 0.2) is 64.8 Å². The number of rotatable bonds is 5. The van der Waals surface area contributed by atoms with Crippen molar-refractivity contribution in [2.45, 2.75) is 17.0 Å². The lowest BCUT2D eigenvalue weighted by molar-refractivity contribution is -0.114. The molecule has 0 unspecified atom stereocenters. The topological polar surface area (TPSA) is 77.0 Å². The van der Waals surface area contributed by atoms with Gasteiger partial charge in [-0.1, -0.05) is 29.5 Å². The summed E-state index contributed by atoms with van der Waals surface area (Å²) < 4.78 is 6.38. The quantitative estimate of drug-likeness (QED) is 0.475. The van der Waals surface area contributed by atoms with Crippen molar-refractivity contribution in [1.29, 1.82) is 0 Å². The van der Waals surface area contributed by atoms with E-state index in [9.17, 15) is 4.79 Å². The first-order chi connectivity index (χ1) is 13.6. The van der Waals surface area contributed by atoms with Gasteiger partial charge in [0.1, 0.15) is 5.75 Å². The zero-order chi connectivity index (χ0) is 19.5. The number of amides is 1. The van der Waals surface area contributed by atoms with Gasteiger partial charge in [-0.3, -0.25) is 4.79 Å². The van der Waals surface area contributed by atoms with Crippen molar-refractivity contribution in [3.05, 3.63) is 54.7 Å². The van der Waals surface area contributed by atoms with E-state index in [1.54, 1.807) is 13.3 Å². The Hall–Kier alpha value is -2.97. The molecule has 0 spiro atoms. The van der Waals surface area contributed by atoms with Gasteiger partial charge in [0, 0.05) is 18.7 Å². The number of carbonyl (C=O) groups excluding carboxylic acids is 1. The molecule has 0 saturated heterocycles. The highest BCUT2D eigenvalue weighted by Gasteiger charge is 2.10. The second-order valence-electron chi connectivity index (χ2n) is 5.86. The third kappa shape index (κ3) is 3.97. The maximum atomic E-state index is 11.2. The third-order valence-electron chi connectivity index (χ3n) is 3.87. The minimum atomic E-state index is -0.131. The zero-order valence-corrected chi connectivity index (χ0v) is 16.8. The highest BCUT2D eigenvalue weighted by atomic mass is 32.2. The summed E-state index contributed by atoms with van der Waals surface area (Å²) in [4.78, 5) is 25.7. The molecule has 0 bridgehead atoms. The van der Waals surface area contributed by atoms with Gasteiger partial charge in [-0.05, 0) is 42.1 Å². The molecule has 1 amide bonds. The van der Waals surface area contributed by atoms with Crippen molar-refractivity contribution >= 4 is 44.4 Å². The molecule has 0 fully saturated rings. The molecule has 2 aromatic carbocycles. The van der Waals surface area contributed by atoms with Crippen molar-refractivity contribution < 1.29 is 9.53 Å². The van der Waals surface area contributed by atoms with Gasteiger partial charge >= 0.3 is 0 Å². The summed E-state index contributed by atoms with van der Waals surface area (Å²) in [5.41, 5.74) is 2.63. The van der Waals surface area contributed by atoms with E-state index in [0.717, 1.165) is 32.1 Å². The summed E-state index contributed by atoms with van der Waals surface area (Å²) in [6.07, 6.45) is 1.75. The summed E-state index contributed by atoms with van der Waals surface area (Å²) in [5.74, 6) is 0.658. The predicted molar refractivity (Wildman–Crippen MR) is 112 cm³/mol. The fourth-order valence-corrected chi connectivity index (χ4v) is 4.44. The summed E-state index contributed by atoms with van der Waals surface area (Å²) in [6.45, 7) is 1.47. The lowest BCUT2D eigenvalue weighted by Gasteiger charge is -2.07. The van der Waals surface area contributed by atoms with Crippen molar-refractivity contribution in [1.82, 2.24) is 15.0 Å². The van der Waals surface area contributed by atoms with Crippen LogP contribution in [0.3, 0.4) is 0 Å². The number of fused-ring (bicyclic) bond motifs is 1. The third-order valence-corrected chi connectivity index (χ3v) is 5.74. The Kier molecular flexibility index (Phi) is 5.23. The Labute approximate surface area is 170 Å². The molecule has 140 valence electrons. The molecule has 28 heavy (non-hydrogen) atoms. The van der Waals surface area contributed by atoms with Crippen LogP contribution < -0.4 is 10.1 Å². The number of hydrogen-bond donors (Lipinski definition) is 1. The van der Waals surface area contributed by atoms with Crippen LogP contribution >= 0.6 is 23.1 Å². The average molecular weight is 409 g/mol. The molecule has 0 aliphatic heterocycles. The van der Waals surface area contributed by atoms with Crippen LogP contribution in [0.4, 0.5) is 5.13 Å². The number of hydrogen-bond acceptors (Lipinski definition) is 7. The molecular weight excluding hydrogens is 392 g/mol. The molecule has 6 nitrogen and oxygen atoms in total. The van der Waals surface area contributed by atoms with Gasteiger partial charge in [0.2, 0.25) is 5.91 Å². The number of anilines is 1. The van der Waals surface area contributed by atoms with Crippen LogP contribution in [0.5, 0.6) is 5.75 Å². The van der Waals surface area contributed by atoms with Gasteiger partial charge in [-0.25, -0.2) is 15.0 Å². The number of ether oxygens (including phenoxy) is 1. The van der Waals surface area contributed by atoms with Crippen LogP contribution in [0, 0.1) is 0 Å². The Balaban J connectivity index is 1.64.